The highest BCUT2D eigenvalue weighted by molar-refractivity contribution is 6.46. The van der Waals surface area contributed by atoms with Crippen molar-refractivity contribution in [3.05, 3.63) is 75.1 Å². The van der Waals surface area contributed by atoms with Gasteiger partial charge in [-0.05, 0) is 37.1 Å². The van der Waals surface area contributed by atoms with Crippen LogP contribution in [-0.4, -0.2) is 54.8 Å². The number of nitrogens with one attached hydrogen (secondary N) is 1. The maximum absolute atomic E-state index is 14.6. The Morgan fingerprint density at radius 1 is 1.21 bits per heavy atom. The summed E-state index contributed by atoms with van der Waals surface area (Å²) in [6, 6.07) is 7.91. The normalized spacial score (nSPS) is 17.6. The number of amides is 1. The number of Topliss-reactive ketones (excluding diaryl/α,β-unsaturated/α-hetero) is 1. The van der Waals surface area contributed by atoms with E-state index < -0.39 is 34.2 Å². The Morgan fingerprint density at radius 2 is 1.91 bits per heavy atom. The van der Waals surface area contributed by atoms with Crippen LogP contribution in [-0.2, 0) is 9.59 Å². The van der Waals surface area contributed by atoms with Gasteiger partial charge in [0.15, 0.2) is 11.6 Å². The number of benzene rings is 2. The summed E-state index contributed by atoms with van der Waals surface area (Å²) in [5, 5.41) is 24.7. The first-order valence-corrected chi connectivity index (χ1v) is 10.8. The SMILES string of the molecule is CC(C)Oc1ccc(C([O-])=C2C(=O)C(=O)N(CC[NH+](C)C)C2c2cccc([N+](=O)[O-])c2)cc1F. The fourth-order valence-electron chi connectivity index (χ4n) is 3.75. The van der Waals surface area contributed by atoms with E-state index in [-0.39, 0.29) is 40.8 Å². The number of carbonyl (C=O) groups excluding carboxylic acids is 2. The molecule has 0 spiro atoms. The second kappa shape index (κ2) is 10.0. The molecule has 1 unspecified atom stereocenters. The van der Waals surface area contributed by atoms with Crippen LogP contribution in [0.5, 0.6) is 5.75 Å². The van der Waals surface area contributed by atoms with E-state index in [1.165, 1.54) is 41.3 Å². The average Bonchev–Trinajstić information content (AvgIpc) is 3.03. The van der Waals surface area contributed by atoms with Crippen LogP contribution in [0.3, 0.4) is 0 Å². The van der Waals surface area contributed by atoms with E-state index in [4.69, 9.17) is 4.74 Å². The smallest absolute Gasteiger partial charge is 0.295 e. The molecule has 34 heavy (non-hydrogen) atoms. The van der Waals surface area contributed by atoms with E-state index in [0.29, 0.717) is 6.54 Å². The molecule has 1 fully saturated rings. The number of ether oxygens (including phenoxy) is 1. The van der Waals surface area contributed by atoms with Crippen molar-refractivity contribution in [1.82, 2.24) is 4.90 Å². The molecule has 0 saturated carbocycles. The lowest BCUT2D eigenvalue weighted by Crippen LogP contribution is -3.06. The number of nitro groups is 1. The fraction of sp³-hybridized carbons (Fsp3) is 0.333. The molecule has 1 aliphatic rings. The molecule has 1 saturated heterocycles. The van der Waals surface area contributed by atoms with Gasteiger partial charge in [0, 0.05) is 17.7 Å². The third-order valence-corrected chi connectivity index (χ3v) is 5.34. The van der Waals surface area contributed by atoms with Gasteiger partial charge in [0.25, 0.3) is 11.6 Å². The number of rotatable bonds is 8. The van der Waals surface area contributed by atoms with Crippen molar-refractivity contribution >= 4 is 23.1 Å². The molecule has 0 aromatic heterocycles. The zero-order chi connectivity index (χ0) is 25.2. The molecule has 1 atom stereocenters. The Hall–Kier alpha value is -3.79. The number of halogens is 1. The lowest BCUT2D eigenvalue weighted by Gasteiger charge is -2.27. The van der Waals surface area contributed by atoms with Crippen LogP contribution in [0.2, 0.25) is 0 Å². The first-order valence-electron chi connectivity index (χ1n) is 10.8. The third kappa shape index (κ3) is 5.07. The van der Waals surface area contributed by atoms with Crippen LogP contribution in [0.15, 0.2) is 48.0 Å². The minimum atomic E-state index is -1.12. The van der Waals surface area contributed by atoms with Crippen molar-refractivity contribution < 1.29 is 33.6 Å². The lowest BCUT2D eigenvalue weighted by molar-refractivity contribution is -0.857. The highest BCUT2D eigenvalue weighted by Gasteiger charge is 2.44. The van der Waals surface area contributed by atoms with Gasteiger partial charge in [-0.25, -0.2) is 4.39 Å². The number of likely N-dealkylation sites (tertiary alicyclic amines) is 1. The minimum Gasteiger partial charge on any atom is -0.872 e. The lowest BCUT2D eigenvalue weighted by atomic mass is 9.95. The summed E-state index contributed by atoms with van der Waals surface area (Å²) in [5.74, 6) is -3.52. The Kier molecular flexibility index (Phi) is 7.31. The molecule has 0 aliphatic carbocycles. The second-order valence-electron chi connectivity index (χ2n) is 8.59. The molecule has 1 heterocycles. The largest absolute Gasteiger partial charge is 0.872 e. The number of nitro benzene ring substituents is 1. The molecule has 2 aromatic rings. The van der Waals surface area contributed by atoms with Gasteiger partial charge in [0.2, 0.25) is 5.78 Å². The number of nitrogens with zero attached hydrogens (tertiary/aromatic N) is 2. The van der Waals surface area contributed by atoms with Crippen LogP contribution in [0.1, 0.15) is 31.0 Å². The summed E-state index contributed by atoms with van der Waals surface area (Å²) in [7, 11) is 3.73. The standard InChI is InChI=1S/C24H26FN3O6/c1-14(2)34-19-9-8-16(13-18(19)25)22(29)20-21(15-6-5-7-17(12-15)28(32)33)27(11-10-26(3)4)24(31)23(20)30/h5-9,12-14,21,29H,10-11H2,1-4H3. The number of ketones is 1. The summed E-state index contributed by atoms with van der Waals surface area (Å²) in [6.07, 6.45) is -0.287. The number of likely N-dealkylation sites (N-methyl/N-ethyl adjacent to an activating group) is 1. The number of quaternary nitrogens is 1. The van der Waals surface area contributed by atoms with E-state index in [0.717, 1.165) is 11.0 Å². The molecule has 0 bridgehead atoms. The van der Waals surface area contributed by atoms with Gasteiger partial charge in [-0.1, -0.05) is 24.0 Å². The molecule has 1 N–H and O–H groups in total. The topological polar surface area (TPSA) is 117 Å². The van der Waals surface area contributed by atoms with Gasteiger partial charge < -0.3 is 19.6 Å². The molecule has 0 radical (unpaired) electrons. The van der Waals surface area contributed by atoms with E-state index in [9.17, 15) is 29.2 Å². The first kappa shape index (κ1) is 24.8. The van der Waals surface area contributed by atoms with Crippen molar-refractivity contribution in [3.63, 3.8) is 0 Å². The van der Waals surface area contributed by atoms with Crippen LogP contribution >= 0.6 is 0 Å². The number of non-ortho nitro benzene ring substituents is 1. The van der Waals surface area contributed by atoms with Gasteiger partial charge in [-0.3, -0.25) is 19.7 Å². The molecule has 3 rings (SSSR count). The van der Waals surface area contributed by atoms with Gasteiger partial charge in [-0.2, -0.15) is 0 Å². The van der Waals surface area contributed by atoms with E-state index in [1.54, 1.807) is 13.8 Å². The predicted octanol–water partition coefficient (Wildman–Crippen LogP) is 0.890. The number of carbonyl (C=O) groups is 2. The minimum absolute atomic E-state index is 0.0452. The van der Waals surface area contributed by atoms with Gasteiger partial charge in [0.05, 0.1) is 44.3 Å². The van der Waals surface area contributed by atoms with Crippen LogP contribution in [0, 0.1) is 15.9 Å². The van der Waals surface area contributed by atoms with Crippen molar-refractivity contribution in [1.29, 1.82) is 0 Å². The van der Waals surface area contributed by atoms with Crippen molar-refractivity contribution in [3.8, 4) is 5.75 Å². The van der Waals surface area contributed by atoms with Crippen LogP contribution in [0.4, 0.5) is 10.1 Å². The predicted molar refractivity (Wildman–Crippen MR) is 119 cm³/mol. The zero-order valence-electron chi connectivity index (χ0n) is 19.3. The van der Waals surface area contributed by atoms with Crippen molar-refractivity contribution in [2.75, 3.05) is 27.2 Å². The van der Waals surface area contributed by atoms with Crippen molar-refractivity contribution in [2.45, 2.75) is 26.0 Å². The molecule has 9 nitrogen and oxygen atoms in total. The van der Waals surface area contributed by atoms with E-state index in [2.05, 4.69) is 0 Å². The quantitative estimate of drug-likeness (QED) is 0.201. The Balaban J connectivity index is 2.15. The Labute approximate surface area is 196 Å². The molecule has 180 valence electrons. The van der Waals surface area contributed by atoms with Gasteiger partial charge >= 0.3 is 0 Å². The second-order valence-corrected chi connectivity index (χ2v) is 8.59. The molecular weight excluding hydrogens is 445 g/mol. The first-order chi connectivity index (χ1) is 16.0. The Morgan fingerprint density at radius 3 is 2.50 bits per heavy atom. The maximum Gasteiger partial charge on any atom is 0.295 e. The Bertz CT molecular complexity index is 1160. The summed E-state index contributed by atoms with van der Waals surface area (Å²) in [5.41, 5.74) is -0.474. The van der Waals surface area contributed by atoms with E-state index in [1.807, 2.05) is 14.1 Å². The zero-order valence-corrected chi connectivity index (χ0v) is 19.3. The average molecular weight is 471 g/mol. The molecule has 2 aromatic carbocycles. The number of hydrogen-bond donors (Lipinski definition) is 1. The molecule has 10 heteroatoms. The summed E-state index contributed by atoms with van der Waals surface area (Å²) < 4.78 is 19.9. The van der Waals surface area contributed by atoms with Crippen molar-refractivity contribution in [2.24, 2.45) is 0 Å². The highest BCUT2D eigenvalue weighted by Crippen LogP contribution is 2.39. The van der Waals surface area contributed by atoms with Gasteiger partial charge in [0.1, 0.15) is 0 Å². The summed E-state index contributed by atoms with van der Waals surface area (Å²) in [4.78, 5) is 38.8. The fourth-order valence-corrected chi connectivity index (χ4v) is 3.75. The molecule has 1 aliphatic heterocycles. The maximum atomic E-state index is 14.6. The monoisotopic (exact) mass is 471 g/mol. The van der Waals surface area contributed by atoms with Crippen LogP contribution < -0.4 is 14.7 Å². The highest BCUT2D eigenvalue weighted by atomic mass is 19.1. The van der Waals surface area contributed by atoms with E-state index >= 15 is 0 Å². The third-order valence-electron chi connectivity index (χ3n) is 5.34. The molecular formula is C24H26FN3O6. The van der Waals surface area contributed by atoms with Crippen LogP contribution in [0.25, 0.3) is 5.76 Å². The summed E-state index contributed by atoms with van der Waals surface area (Å²) in [6.45, 7) is 4.07. The number of hydrogen-bond acceptors (Lipinski definition) is 6. The summed E-state index contributed by atoms with van der Waals surface area (Å²) >= 11 is 0. The van der Waals surface area contributed by atoms with Gasteiger partial charge in [-0.15, -0.1) is 0 Å². The molecule has 1 amide bonds.